The SMILES string of the molecule is CC(C)(C)OC(=O)N1CCCCC1c1ccc(OCC=O)cc1. The van der Waals surface area contributed by atoms with E-state index in [1.165, 1.54) is 0 Å². The molecule has 5 heteroatoms. The minimum absolute atomic E-state index is 0.0266. The van der Waals surface area contributed by atoms with E-state index in [2.05, 4.69) is 0 Å². The van der Waals surface area contributed by atoms with E-state index in [0.29, 0.717) is 12.3 Å². The molecule has 0 aromatic heterocycles. The maximum absolute atomic E-state index is 12.4. The lowest BCUT2D eigenvalue weighted by atomic mass is 9.95. The molecule has 0 bridgehead atoms. The molecule has 1 aromatic rings. The lowest BCUT2D eigenvalue weighted by Crippen LogP contribution is -2.41. The summed E-state index contributed by atoms with van der Waals surface area (Å²) in [6.45, 7) is 6.39. The minimum Gasteiger partial charge on any atom is -0.486 e. The highest BCUT2D eigenvalue weighted by Gasteiger charge is 2.31. The smallest absolute Gasteiger partial charge is 0.410 e. The average molecular weight is 319 g/mol. The van der Waals surface area contributed by atoms with Gasteiger partial charge in [0, 0.05) is 6.54 Å². The second-order valence-electron chi connectivity index (χ2n) is 6.73. The van der Waals surface area contributed by atoms with Crippen molar-refractivity contribution in [1.82, 2.24) is 4.90 Å². The van der Waals surface area contributed by atoms with Crippen molar-refractivity contribution < 1.29 is 19.1 Å². The van der Waals surface area contributed by atoms with Gasteiger partial charge in [-0.25, -0.2) is 4.79 Å². The fourth-order valence-electron chi connectivity index (χ4n) is 2.73. The van der Waals surface area contributed by atoms with Gasteiger partial charge in [-0.2, -0.15) is 0 Å². The van der Waals surface area contributed by atoms with Crippen molar-refractivity contribution >= 4 is 12.4 Å². The summed E-state index contributed by atoms with van der Waals surface area (Å²) in [4.78, 5) is 24.6. The van der Waals surface area contributed by atoms with E-state index < -0.39 is 5.60 Å². The van der Waals surface area contributed by atoms with Gasteiger partial charge >= 0.3 is 6.09 Å². The standard InChI is InChI=1S/C18H25NO4/c1-18(2,3)23-17(21)19-11-5-4-6-16(19)14-7-9-15(10-8-14)22-13-12-20/h7-10,12,16H,4-6,11,13H2,1-3H3. The number of carbonyl (C=O) groups is 2. The third-order valence-electron chi connectivity index (χ3n) is 3.71. The van der Waals surface area contributed by atoms with Gasteiger partial charge in [0.1, 0.15) is 18.0 Å². The van der Waals surface area contributed by atoms with Gasteiger partial charge in [-0.05, 0) is 57.7 Å². The van der Waals surface area contributed by atoms with E-state index in [1.54, 1.807) is 0 Å². The van der Waals surface area contributed by atoms with Crippen molar-refractivity contribution in [2.24, 2.45) is 0 Å². The molecule has 1 aromatic carbocycles. The van der Waals surface area contributed by atoms with Crippen LogP contribution in [0, 0.1) is 0 Å². The van der Waals surface area contributed by atoms with Crippen LogP contribution in [0.15, 0.2) is 24.3 Å². The van der Waals surface area contributed by atoms with Crippen LogP contribution in [0.1, 0.15) is 51.6 Å². The number of hydrogen-bond acceptors (Lipinski definition) is 4. The highest BCUT2D eigenvalue weighted by Crippen LogP contribution is 2.33. The quantitative estimate of drug-likeness (QED) is 0.794. The third-order valence-corrected chi connectivity index (χ3v) is 3.71. The summed E-state index contributed by atoms with van der Waals surface area (Å²) in [5.41, 5.74) is 0.569. The van der Waals surface area contributed by atoms with Crippen molar-refractivity contribution in [2.45, 2.75) is 51.7 Å². The van der Waals surface area contributed by atoms with E-state index in [9.17, 15) is 9.59 Å². The van der Waals surface area contributed by atoms with Gasteiger partial charge in [0.25, 0.3) is 0 Å². The lowest BCUT2D eigenvalue weighted by Gasteiger charge is -2.37. The van der Waals surface area contributed by atoms with Gasteiger partial charge in [0.2, 0.25) is 0 Å². The summed E-state index contributed by atoms with van der Waals surface area (Å²) in [6.07, 6.45) is 3.47. The van der Waals surface area contributed by atoms with E-state index in [-0.39, 0.29) is 18.7 Å². The molecule has 1 unspecified atom stereocenters. The van der Waals surface area contributed by atoms with Gasteiger partial charge in [-0.1, -0.05) is 12.1 Å². The largest absolute Gasteiger partial charge is 0.486 e. The molecular weight excluding hydrogens is 294 g/mol. The molecule has 1 saturated heterocycles. The van der Waals surface area contributed by atoms with Crippen molar-refractivity contribution in [3.05, 3.63) is 29.8 Å². The van der Waals surface area contributed by atoms with E-state index in [4.69, 9.17) is 9.47 Å². The second kappa shape index (κ2) is 7.49. The first-order valence-electron chi connectivity index (χ1n) is 8.07. The van der Waals surface area contributed by atoms with Crippen LogP contribution >= 0.6 is 0 Å². The normalized spacial score (nSPS) is 18.4. The Kier molecular flexibility index (Phi) is 5.64. The minimum atomic E-state index is -0.494. The van der Waals surface area contributed by atoms with Gasteiger partial charge < -0.3 is 14.4 Å². The Morgan fingerprint density at radius 1 is 1.26 bits per heavy atom. The molecule has 1 aliphatic rings. The third kappa shape index (κ3) is 4.98. The number of amides is 1. The van der Waals surface area contributed by atoms with E-state index in [0.717, 1.165) is 31.1 Å². The Bertz CT molecular complexity index is 533. The average Bonchev–Trinajstić information content (AvgIpc) is 2.52. The summed E-state index contributed by atoms with van der Waals surface area (Å²) in [5, 5.41) is 0. The molecule has 2 rings (SSSR count). The summed E-state index contributed by atoms with van der Waals surface area (Å²) in [7, 11) is 0. The number of rotatable bonds is 4. The first kappa shape index (κ1) is 17.3. The topological polar surface area (TPSA) is 55.8 Å². The second-order valence-corrected chi connectivity index (χ2v) is 6.73. The van der Waals surface area contributed by atoms with E-state index in [1.807, 2.05) is 49.9 Å². The predicted octanol–water partition coefficient (Wildman–Crippen LogP) is 3.73. The number of aldehydes is 1. The maximum Gasteiger partial charge on any atom is 0.410 e. The molecule has 1 fully saturated rings. The van der Waals surface area contributed by atoms with Gasteiger partial charge in [-0.3, -0.25) is 4.79 Å². The predicted molar refractivity (Wildman–Crippen MR) is 87.5 cm³/mol. The molecule has 0 aliphatic carbocycles. The zero-order valence-electron chi connectivity index (χ0n) is 14.1. The summed E-state index contributed by atoms with van der Waals surface area (Å²) < 4.78 is 10.8. The van der Waals surface area contributed by atoms with Crippen LogP contribution in [0.25, 0.3) is 0 Å². The van der Waals surface area contributed by atoms with Crippen molar-refractivity contribution in [3.8, 4) is 5.75 Å². The lowest BCUT2D eigenvalue weighted by molar-refractivity contribution is -0.109. The number of nitrogens with zero attached hydrogens (tertiary/aromatic N) is 1. The van der Waals surface area contributed by atoms with Crippen LogP contribution < -0.4 is 4.74 Å². The van der Waals surface area contributed by atoms with Crippen LogP contribution in [-0.4, -0.2) is 36.0 Å². The Hall–Kier alpha value is -2.04. The monoisotopic (exact) mass is 319 g/mol. The first-order valence-corrected chi connectivity index (χ1v) is 8.07. The molecule has 0 spiro atoms. The van der Waals surface area contributed by atoms with E-state index >= 15 is 0 Å². The summed E-state index contributed by atoms with van der Waals surface area (Å²) in [6, 6.07) is 7.60. The highest BCUT2D eigenvalue weighted by molar-refractivity contribution is 5.69. The summed E-state index contributed by atoms with van der Waals surface area (Å²) in [5.74, 6) is 0.653. The van der Waals surface area contributed by atoms with Gasteiger partial charge in [0.15, 0.2) is 6.29 Å². The number of hydrogen-bond donors (Lipinski definition) is 0. The molecule has 23 heavy (non-hydrogen) atoms. The number of ether oxygens (including phenoxy) is 2. The Balaban J connectivity index is 2.11. The number of piperidine rings is 1. The van der Waals surface area contributed by atoms with Gasteiger partial charge in [0.05, 0.1) is 6.04 Å². The van der Waals surface area contributed by atoms with Crippen LogP contribution in [0.4, 0.5) is 4.79 Å². The fourth-order valence-corrected chi connectivity index (χ4v) is 2.73. The number of likely N-dealkylation sites (tertiary alicyclic amines) is 1. The Morgan fingerprint density at radius 3 is 2.57 bits per heavy atom. The van der Waals surface area contributed by atoms with Crippen molar-refractivity contribution in [2.75, 3.05) is 13.2 Å². The number of carbonyl (C=O) groups excluding carboxylic acids is 2. The van der Waals surface area contributed by atoms with Crippen molar-refractivity contribution in [1.29, 1.82) is 0 Å². The van der Waals surface area contributed by atoms with Gasteiger partial charge in [-0.15, -0.1) is 0 Å². The molecule has 126 valence electrons. The highest BCUT2D eigenvalue weighted by atomic mass is 16.6. The van der Waals surface area contributed by atoms with Crippen LogP contribution in [0.2, 0.25) is 0 Å². The fraction of sp³-hybridized carbons (Fsp3) is 0.556. The van der Waals surface area contributed by atoms with Crippen LogP contribution in [-0.2, 0) is 9.53 Å². The molecule has 0 saturated carbocycles. The Labute approximate surface area is 137 Å². The molecule has 5 nitrogen and oxygen atoms in total. The van der Waals surface area contributed by atoms with Crippen molar-refractivity contribution in [3.63, 3.8) is 0 Å². The molecule has 1 atom stereocenters. The molecule has 1 amide bonds. The Morgan fingerprint density at radius 2 is 1.96 bits per heavy atom. The number of benzene rings is 1. The van der Waals surface area contributed by atoms with Crippen LogP contribution in [0.3, 0.4) is 0 Å². The summed E-state index contributed by atoms with van der Waals surface area (Å²) >= 11 is 0. The molecule has 1 aliphatic heterocycles. The zero-order chi connectivity index (χ0) is 16.9. The molecule has 0 N–H and O–H groups in total. The molecular formula is C18H25NO4. The molecule has 1 heterocycles. The first-order chi connectivity index (χ1) is 10.9. The van der Waals surface area contributed by atoms with Crippen LogP contribution in [0.5, 0.6) is 5.75 Å². The molecule has 0 radical (unpaired) electrons. The zero-order valence-corrected chi connectivity index (χ0v) is 14.1. The maximum atomic E-state index is 12.4.